The highest BCUT2D eigenvalue weighted by atomic mass is 16.2. The number of amides is 2. The number of carbonyl (C=O) groups excluding carboxylic acids is 2. The van der Waals surface area contributed by atoms with Gasteiger partial charge in [-0.1, -0.05) is 6.07 Å². The fourth-order valence-electron chi connectivity index (χ4n) is 2.34. The lowest BCUT2D eigenvalue weighted by atomic mass is 10.2. The van der Waals surface area contributed by atoms with Crippen LogP contribution in [-0.2, 0) is 16.1 Å². The first-order valence-corrected chi connectivity index (χ1v) is 8.18. The molecule has 1 aromatic heterocycles. The van der Waals surface area contributed by atoms with Crippen LogP contribution in [0.4, 0.5) is 11.4 Å². The van der Waals surface area contributed by atoms with E-state index in [0.29, 0.717) is 13.1 Å². The maximum absolute atomic E-state index is 12.1. The topological polar surface area (TPSA) is 65.5 Å². The van der Waals surface area contributed by atoms with Crippen LogP contribution in [0.1, 0.15) is 19.0 Å². The van der Waals surface area contributed by atoms with E-state index in [2.05, 4.69) is 10.3 Å². The molecule has 0 fully saturated rings. The molecule has 0 aliphatic rings. The average molecular weight is 340 g/mol. The van der Waals surface area contributed by atoms with E-state index in [1.165, 1.54) is 6.92 Å². The van der Waals surface area contributed by atoms with Crippen LogP contribution in [0.3, 0.4) is 0 Å². The Kier molecular flexibility index (Phi) is 6.51. The molecule has 1 heterocycles. The van der Waals surface area contributed by atoms with Gasteiger partial charge in [0.1, 0.15) is 0 Å². The molecule has 2 rings (SSSR count). The van der Waals surface area contributed by atoms with Gasteiger partial charge in [-0.2, -0.15) is 0 Å². The van der Waals surface area contributed by atoms with Crippen LogP contribution in [0.5, 0.6) is 0 Å². The standard InChI is InChI=1S/C19H24N4O2/c1-15(24)23(14-17-6-4-5-12-20-17)13-11-19(25)21-16-7-9-18(10-8-16)22(2)3/h4-10,12H,11,13-14H2,1-3H3,(H,21,25). The summed E-state index contributed by atoms with van der Waals surface area (Å²) in [5.74, 6) is -0.196. The zero-order valence-corrected chi connectivity index (χ0v) is 14.9. The first kappa shape index (κ1) is 18.4. The third-order valence-corrected chi connectivity index (χ3v) is 3.80. The summed E-state index contributed by atoms with van der Waals surface area (Å²) in [6, 6.07) is 13.2. The second kappa shape index (κ2) is 8.82. The van der Waals surface area contributed by atoms with Gasteiger partial charge in [-0.25, -0.2) is 0 Å². The molecule has 0 atom stereocenters. The van der Waals surface area contributed by atoms with E-state index in [4.69, 9.17) is 0 Å². The lowest BCUT2D eigenvalue weighted by Crippen LogP contribution is -2.31. The van der Waals surface area contributed by atoms with E-state index in [-0.39, 0.29) is 18.2 Å². The zero-order valence-electron chi connectivity index (χ0n) is 14.9. The molecular formula is C19H24N4O2. The van der Waals surface area contributed by atoms with Gasteiger partial charge < -0.3 is 15.1 Å². The molecule has 0 aliphatic carbocycles. The number of hydrogen-bond donors (Lipinski definition) is 1. The fraction of sp³-hybridized carbons (Fsp3) is 0.316. The van der Waals surface area contributed by atoms with Gasteiger partial charge in [0.25, 0.3) is 0 Å². The monoisotopic (exact) mass is 340 g/mol. The maximum atomic E-state index is 12.1. The number of anilines is 2. The van der Waals surface area contributed by atoms with E-state index in [9.17, 15) is 9.59 Å². The molecule has 0 aliphatic heterocycles. The van der Waals surface area contributed by atoms with Crippen molar-refractivity contribution in [1.82, 2.24) is 9.88 Å². The molecule has 6 nitrogen and oxygen atoms in total. The number of carbonyl (C=O) groups is 2. The molecule has 0 radical (unpaired) electrons. The predicted octanol–water partition coefficient (Wildman–Crippen LogP) is 2.52. The van der Waals surface area contributed by atoms with Crippen molar-refractivity contribution in [3.8, 4) is 0 Å². The van der Waals surface area contributed by atoms with Crippen molar-refractivity contribution >= 4 is 23.2 Å². The summed E-state index contributed by atoms with van der Waals surface area (Å²) < 4.78 is 0. The number of nitrogens with zero attached hydrogens (tertiary/aromatic N) is 3. The number of nitrogens with one attached hydrogen (secondary N) is 1. The predicted molar refractivity (Wildman–Crippen MR) is 99.3 cm³/mol. The smallest absolute Gasteiger partial charge is 0.226 e. The molecule has 0 spiro atoms. The summed E-state index contributed by atoms with van der Waals surface area (Å²) in [5.41, 5.74) is 2.61. The Hall–Kier alpha value is -2.89. The van der Waals surface area contributed by atoms with E-state index in [0.717, 1.165) is 17.1 Å². The van der Waals surface area contributed by atoms with Crippen molar-refractivity contribution in [2.45, 2.75) is 19.9 Å². The number of pyridine rings is 1. The Morgan fingerprint density at radius 1 is 1.08 bits per heavy atom. The van der Waals surface area contributed by atoms with Crippen molar-refractivity contribution in [2.24, 2.45) is 0 Å². The van der Waals surface area contributed by atoms with Gasteiger partial charge >= 0.3 is 0 Å². The first-order chi connectivity index (χ1) is 12.0. The van der Waals surface area contributed by atoms with E-state index in [1.807, 2.05) is 61.5 Å². The zero-order chi connectivity index (χ0) is 18.2. The molecule has 1 N–H and O–H groups in total. The molecular weight excluding hydrogens is 316 g/mol. The normalized spacial score (nSPS) is 10.2. The third kappa shape index (κ3) is 5.91. The molecule has 0 unspecified atom stereocenters. The number of rotatable bonds is 7. The highest BCUT2D eigenvalue weighted by molar-refractivity contribution is 5.91. The Balaban J connectivity index is 1.87. The SMILES string of the molecule is CC(=O)N(CCC(=O)Nc1ccc(N(C)C)cc1)Cc1ccccn1. The van der Waals surface area contributed by atoms with Crippen molar-refractivity contribution in [1.29, 1.82) is 0 Å². The van der Waals surface area contributed by atoms with Crippen molar-refractivity contribution in [3.05, 3.63) is 54.4 Å². The molecule has 0 saturated carbocycles. The van der Waals surface area contributed by atoms with Crippen molar-refractivity contribution in [2.75, 3.05) is 30.9 Å². The quantitative estimate of drug-likeness (QED) is 0.841. The minimum Gasteiger partial charge on any atom is -0.378 e. The third-order valence-electron chi connectivity index (χ3n) is 3.80. The Bertz CT molecular complexity index is 699. The molecule has 1 aromatic carbocycles. The van der Waals surface area contributed by atoms with Crippen LogP contribution in [0.25, 0.3) is 0 Å². The fourth-order valence-corrected chi connectivity index (χ4v) is 2.34. The van der Waals surface area contributed by atoms with Gasteiger partial charge in [-0.15, -0.1) is 0 Å². The van der Waals surface area contributed by atoms with Gasteiger partial charge in [0.15, 0.2) is 0 Å². The Labute approximate surface area is 148 Å². The average Bonchev–Trinajstić information content (AvgIpc) is 2.59. The summed E-state index contributed by atoms with van der Waals surface area (Å²) in [7, 11) is 3.93. The van der Waals surface area contributed by atoms with Crippen LogP contribution in [0.2, 0.25) is 0 Å². The van der Waals surface area contributed by atoms with Crippen LogP contribution >= 0.6 is 0 Å². The molecule has 2 amide bonds. The highest BCUT2D eigenvalue weighted by Gasteiger charge is 2.12. The van der Waals surface area contributed by atoms with Crippen molar-refractivity contribution in [3.63, 3.8) is 0 Å². The molecule has 0 saturated heterocycles. The van der Waals surface area contributed by atoms with Gasteiger partial charge in [-0.05, 0) is 36.4 Å². The van der Waals surface area contributed by atoms with Crippen LogP contribution in [-0.4, -0.2) is 42.3 Å². The minimum atomic E-state index is -0.120. The molecule has 0 bridgehead atoms. The van der Waals surface area contributed by atoms with Gasteiger partial charge in [0.2, 0.25) is 11.8 Å². The number of aromatic nitrogens is 1. The van der Waals surface area contributed by atoms with Crippen molar-refractivity contribution < 1.29 is 9.59 Å². The number of benzene rings is 1. The Morgan fingerprint density at radius 3 is 2.36 bits per heavy atom. The van der Waals surface area contributed by atoms with Gasteiger partial charge in [0.05, 0.1) is 12.2 Å². The van der Waals surface area contributed by atoms with E-state index < -0.39 is 0 Å². The molecule has 2 aromatic rings. The minimum absolute atomic E-state index is 0.0752. The number of hydrogen-bond acceptors (Lipinski definition) is 4. The first-order valence-electron chi connectivity index (χ1n) is 8.18. The summed E-state index contributed by atoms with van der Waals surface area (Å²) in [4.78, 5) is 31.8. The summed E-state index contributed by atoms with van der Waals surface area (Å²) >= 11 is 0. The highest BCUT2D eigenvalue weighted by Crippen LogP contribution is 2.15. The molecule has 25 heavy (non-hydrogen) atoms. The lowest BCUT2D eigenvalue weighted by molar-refractivity contribution is -0.130. The van der Waals surface area contributed by atoms with Gasteiger partial charge in [0, 0.05) is 51.6 Å². The van der Waals surface area contributed by atoms with E-state index >= 15 is 0 Å². The largest absolute Gasteiger partial charge is 0.378 e. The second-order valence-corrected chi connectivity index (χ2v) is 6.00. The van der Waals surface area contributed by atoms with Crippen LogP contribution in [0.15, 0.2) is 48.7 Å². The van der Waals surface area contributed by atoms with Gasteiger partial charge in [-0.3, -0.25) is 14.6 Å². The Morgan fingerprint density at radius 2 is 1.80 bits per heavy atom. The van der Waals surface area contributed by atoms with Crippen LogP contribution < -0.4 is 10.2 Å². The summed E-state index contributed by atoms with van der Waals surface area (Å²) in [5, 5.41) is 2.86. The van der Waals surface area contributed by atoms with Crippen LogP contribution in [0, 0.1) is 0 Å². The second-order valence-electron chi connectivity index (χ2n) is 6.00. The summed E-state index contributed by atoms with van der Waals surface area (Å²) in [6.07, 6.45) is 1.93. The summed E-state index contributed by atoms with van der Waals surface area (Å²) in [6.45, 7) is 2.26. The lowest BCUT2D eigenvalue weighted by Gasteiger charge is -2.20. The maximum Gasteiger partial charge on any atom is 0.226 e. The molecule has 132 valence electrons. The van der Waals surface area contributed by atoms with E-state index in [1.54, 1.807) is 11.1 Å². The molecule has 6 heteroatoms.